The molecule has 1 aliphatic rings. The zero-order valence-corrected chi connectivity index (χ0v) is 8.17. The van der Waals surface area contributed by atoms with Gasteiger partial charge in [-0.1, -0.05) is 48.6 Å². The number of aliphatic hydroxyl groups is 2. The summed E-state index contributed by atoms with van der Waals surface area (Å²) >= 11 is 0. The van der Waals surface area contributed by atoms with Crippen LogP contribution in [0.25, 0.3) is 5.57 Å². The van der Waals surface area contributed by atoms with Gasteiger partial charge in [-0.25, -0.2) is 0 Å². The van der Waals surface area contributed by atoms with E-state index in [0.29, 0.717) is 5.57 Å². The fourth-order valence-electron chi connectivity index (χ4n) is 1.64. The molecule has 0 aromatic heterocycles. The van der Waals surface area contributed by atoms with Gasteiger partial charge in [0.05, 0.1) is 0 Å². The smallest absolute Gasteiger partial charge is 0.170 e. The quantitative estimate of drug-likeness (QED) is 0.587. The number of benzene rings is 1. The minimum atomic E-state index is -1.71. The molecular formula is C12H13NO2. The Morgan fingerprint density at radius 3 is 2.53 bits per heavy atom. The third-order valence-electron chi connectivity index (χ3n) is 2.52. The van der Waals surface area contributed by atoms with E-state index in [-0.39, 0.29) is 0 Å². The van der Waals surface area contributed by atoms with Crippen molar-refractivity contribution in [3.8, 4) is 0 Å². The highest BCUT2D eigenvalue weighted by Crippen LogP contribution is 2.29. The molecule has 1 aliphatic carbocycles. The van der Waals surface area contributed by atoms with Crippen LogP contribution in [0.1, 0.15) is 5.56 Å². The van der Waals surface area contributed by atoms with E-state index in [9.17, 15) is 10.2 Å². The first kappa shape index (κ1) is 10.1. The lowest BCUT2D eigenvalue weighted by Gasteiger charge is -2.32. The molecule has 0 radical (unpaired) electrons. The molecule has 0 saturated carbocycles. The third kappa shape index (κ3) is 1.72. The highest BCUT2D eigenvalue weighted by molar-refractivity contribution is 5.75. The number of hydrogen-bond acceptors (Lipinski definition) is 3. The van der Waals surface area contributed by atoms with Gasteiger partial charge < -0.3 is 10.2 Å². The topological polar surface area (TPSA) is 66.5 Å². The lowest BCUT2D eigenvalue weighted by atomic mass is 9.88. The molecule has 0 aliphatic heterocycles. The average Bonchev–Trinajstić information content (AvgIpc) is 2.23. The van der Waals surface area contributed by atoms with E-state index < -0.39 is 11.8 Å². The van der Waals surface area contributed by atoms with Crippen molar-refractivity contribution in [3.05, 3.63) is 54.1 Å². The summed E-state index contributed by atoms with van der Waals surface area (Å²) in [6.45, 7) is 0. The minimum Gasteiger partial charge on any atom is -0.384 e. The second-order valence-electron chi connectivity index (χ2n) is 3.60. The van der Waals surface area contributed by atoms with E-state index in [4.69, 9.17) is 5.73 Å². The van der Waals surface area contributed by atoms with Crippen molar-refractivity contribution in [2.45, 2.75) is 11.8 Å². The van der Waals surface area contributed by atoms with Gasteiger partial charge in [-0.3, -0.25) is 5.73 Å². The second kappa shape index (κ2) is 3.62. The Balaban J connectivity index is 2.45. The number of nitrogens with two attached hydrogens (primary N) is 1. The van der Waals surface area contributed by atoms with E-state index >= 15 is 0 Å². The van der Waals surface area contributed by atoms with E-state index in [1.54, 1.807) is 12.2 Å². The number of allylic oxidation sites excluding steroid dienone is 2. The van der Waals surface area contributed by atoms with Crippen LogP contribution in [0, 0.1) is 0 Å². The zero-order chi connectivity index (χ0) is 10.9. The van der Waals surface area contributed by atoms with Crippen LogP contribution in [0.5, 0.6) is 0 Å². The fraction of sp³-hybridized carbons (Fsp3) is 0.167. The Labute approximate surface area is 88.2 Å². The molecule has 0 fully saturated rings. The molecule has 15 heavy (non-hydrogen) atoms. The van der Waals surface area contributed by atoms with Crippen LogP contribution < -0.4 is 5.73 Å². The number of rotatable bonds is 1. The van der Waals surface area contributed by atoms with E-state index in [0.717, 1.165) is 5.56 Å². The highest BCUT2D eigenvalue weighted by atomic mass is 16.4. The van der Waals surface area contributed by atoms with Crippen LogP contribution in [0.3, 0.4) is 0 Å². The molecule has 0 bridgehead atoms. The van der Waals surface area contributed by atoms with Gasteiger partial charge in [0, 0.05) is 5.57 Å². The molecule has 3 heteroatoms. The number of aliphatic hydroxyl groups excluding tert-OH is 1. The van der Waals surface area contributed by atoms with Crippen LogP contribution in [0.4, 0.5) is 0 Å². The summed E-state index contributed by atoms with van der Waals surface area (Å²) < 4.78 is 0. The standard InChI is InChI=1S/C12H13NO2/c13-12(15)10(7-4-8-11(12)14)9-5-2-1-3-6-9/h1-8,11,14-15H,13H2/t11-,12-/m0/s1. The largest absolute Gasteiger partial charge is 0.384 e. The second-order valence-corrected chi connectivity index (χ2v) is 3.60. The van der Waals surface area contributed by atoms with Crippen molar-refractivity contribution < 1.29 is 10.2 Å². The van der Waals surface area contributed by atoms with Gasteiger partial charge in [-0.15, -0.1) is 0 Å². The highest BCUT2D eigenvalue weighted by Gasteiger charge is 2.35. The predicted octanol–water partition coefficient (Wildman–Crippen LogP) is 0.648. The summed E-state index contributed by atoms with van der Waals surface area (Å²) in [7, 11) is 0. The van der Waals surface area contributed by atoms with Crippen molar-refractivity contribution in [2.24, 2.45) is 5.73 Å². The molecule has 0 unspecified atom stereocenters. The first-order valence-corrected chi connectivity index (χ1v) is 4.76. The van der Waals surface area contributed by atoms with Gasteiger partial charge in [0.2, 0.25) is 0 Å². The molecule has 2 atom stereocenters. The fourth-order valence-corrected chi connectivity index (χ4v) is 1.64. The first-order valence-electron chi connectivity index (χ1n) is 4.76. The van der Waals surface area contributed by atoms with Crippen LogP contribution in [0.2, 0.25) is 0 Å². The Morgan fingerprint density at radius 1 is 1.20 bits per heavy atom. The van der Waals surface area contributed by atoms with Crippen LogP contribution in [-0.2, 0) is 0 Å². The molecule has 1 aromatic carbocycles. The van der Waals surface area contributed by atoms with Crippen LogP contribution in [0.15, 0.2) is 48.6 Å². The minimum absolute atomic E-state index is 0.526. The normalized spacial score (nSPS) is 30.1. The molecule has 78 valence electrons. The maximum atomic E-state index is 9.96. The third-order valence-corrected chi connectivity index (χ3v) is 2.52. The van der Waals surface area contributed by atoms with E-state index in [1.165, 1.54) is 6.08 Å². The average molecular weight is 203 g/mol. The zero-order valence-electron chi connectivity index (χ0n) is 8.17. The van der Waals surface area contributed by atoms with Crippen molar-refractivity contribution in [3.63, 3.8) is 0 Å². The Hall–Kier alpha value is -1.42. The van der Waals surface area contributed by atoms with Crippen molar-refractivity contribution >= 4 is 5.57 Å². The molecule has 1 aromatic rings. The Bertz CT molecular complexity index is 407. The van der Waals surface area contributed by atoms with Crippen molar-refractivity contribution in [1.82, 2.24) is 0 Å². The summed E-state index contributed by atoms with van der Waals surface area (Å²) in [6.07, 6.45) is 3.79. The Kier molecular flexibility index (Phi) is 2.44. The van der Waals surface area contributed by atoms with Gasteiger partial charge in [0.1, 0.15) is 6.10 Å². The van der Waals surface area contributed by atoms with Crippen LogP contribution >= 0.6 is 0 Å². The van der Waals surface area contributed by atoms with Crippen molar-refractivity contribution in [2.75, 3.05) is 0 Å². The molecule has 3 nitrogen and oxygen atoms in total. The molecule has 0 amide bonds. The maximum Gasteiger partial charge on any atom is 0.170 e. The van der Waals surface area contributed by atoms with Crippen LogP contribution in [-0.4, -0.2) is 22.0 Å². The molecule has 0 saturated heterocycles. The van der Waals surface area contributed by atoms with Gasteiger partial charge in [-0.2, -0.15) is 0 Å². The summed E-state index contributed by atoms with van der Waals surface area (Å²) in [6, 6.07) is 9.29. The lowest BCUT2D eigenvalue weighted by Crippen LogP contribution is -2.51. The van der Waals surface area contributed by atoms with Gasteiger partial charge in [-0.05, 0) is 5.56 Å². The van der Waals surface area contributed by atoms with Gasteiger partial charge >= 0.3 is 0 Å². The molecule has 4 N–H and O–H groups in total. The predicted molar refractivity (Wildman–Crippen MR) is 58.7 cm³/mol. The molecular weight excluding hydrogens is 190 g/mol. The Morgan fingerprint density at radius 2 is 1.87 bits per heavy atom. The molecule has 0 spiro atoms. The summed E-state index contributed by atoms with van der Waals surface area (Å²) in [4.78, 5) is 0. The lowest BCUT2D eigenvalue weighted by molar-refractivity contribution is -0.00197. The van der Waals surface area contributed by atoms with Gasteiger partial charge in [0.15, 0.2) is 5.72 Å². The monoisotopic (exact) mass is 203 g/mol. The molecule has 2 rings (SSSR count). The summed E-state index contributed by atoms with van der Waals surface area (Å²) in [5.74, 6) is 0. The van der Waals surface area contributed by atoms with Crippen molar-refractivity contribution in [1.29, 1.82) is 0 Å². The number of hydrogen-bond donors (Lipinski definition) is 3. The van der Waals surface area contributed by atoms with E-state index in [2.05, 4.69) is 0 Å². The van der Waals surface area contributed by atoms with E-state index in [1.807, 2.05) is 30.3 Å². The summed E-state index contributed by atoms with van der Waals surface area (Å²) in [5, 5.41) is 19.5. The molecule has 0 heterocycles. The SMILES string of the molecule is N[C@]1(O)C(c2ccccc2)=CC=C[C@@H]1O. The van der Waals surface area contributed by atoms with Gasteiger partial charge in [0.25, 0.3) is 0 Å². The summed E-state index contributed by atoms with van der Waals surface area (Å²) in [5.41, 5.74) is 5.31. The maximum absolute atomic E-state index is 9.96. The first-order chi connectivity index (χ1) is 7.12.